The van der Waals surface area contributed by atoms with Crippen LogP contribution in [0.4, 0.5) is 5.69 Å². The number of nitrogens with zero attached hydrogens (tertiary/aromatic N) is 4. The van der Waals surface area contributed by atoms with Crippen molar-refractivity contribution >= 4 is 42.0 Å². The van der Waals surface area contributed by atoms with Crippen molar-refractivity contribution in [1.82, 2.24) is 14.7 Å². The van der Waals surface area contributed by atoms with Crippen LogP contribution in [-0.2, 0) is 35.0 Å². The molecule has 1 fully saturated rings. The Morgan fingerprint density at radius 1 is 1.09 bits per heavy atom. The van der Waals surface area contributed by atoms with Crippen LogP contribution in [-0.4, -0.2) is 116 Å². The molecule has 34 heavy (non-hydrogen) atoms. The van der Waals surface area contributed by atoms with Crippen molar-refractivity contribution in [2.24, 2.45) is 4.99 Å². The van der Waals surface area contributed by atoms with E-state index in [1.165, 1.54) is 0 Å². The summed E-state index contributed by atoms with van der Waals surface area (Å²) < 4.78 is 15.6. The van der Waals surface area contributed by atoms with Gasteiger partial charge in [0, 0.05) is 38.8 Å². The van der Waals surface area contributed by atoms with Crippen LogP contribution < -0.4 is 0 Å². The van der Waals surface area contributed by atoms with Gasteiger partial charge in [0.1, 0.15) is 13.5 Å². The zero-order chi connectivity index (χ0) is 24.6. The summed E-state index contributed by atoms with van der Waals surface area (Å²) >= 11 is 4.64. The normalized spacial score (nSPS) is 19.1. The molecule has 186 valence electrons. The van der Waals surface area contributed by atoms with Gasteiger partial charge in [-0.3, -0.25) is 29.1 Å². The summed E-state index contributed by atoms with van der Waals surface area (Å²) in [4.78, 5) is 42.8. The number of carbonyl (C=O) groups is 3. The number of carboxylic acid groups (broad SMARTS) is 1. The topological polar surface area (TPSA) is 121 Å². The van der Waals surface area contributed by atoms with E-state index in [0.29, 0.717) is 71.0 Å². The Balaban J connectivity index is 2.25. The Labute approximate surface area is 203 Å². The van der Waals surface area contributed by atoms with Gasteiger partial charge < -0.3 is 19.3 Å². The second-order valence-electron chi connectivity index (χ2n) is 7.68. The molecule has 1 atom stereocenters. The van der Waals surface area contributed by atoms with E-state index in [-0.39, 0.29) is 26.0 Å². The molecule has 0 amide bonds. The van der Waals surface area contributed by atoms with Crippen LogP contribution in [0.5, 0.6) is 0 Å². The van der Waals surface area contributed by atoms with Crippen molar-refractivity contribution in [2.75, 3.05) is 65.9 Å². The van der Waals surface area contributed by atoms with E-state index >= 15 is 0 Å². The second-order valence-corrected chi connectivity index (χ2v) is 7.87. The molecule has 0 aliphatic carbocycles. The predicted molar refractivity (Wildman–Crippen MR) is 126 cm³/mol. The summed E-state index contributed by atoms with van der Waals surface area (Å²) in [6, 6.07) is 7.29. The molecule has 1 saturated heterocycles. The highest BCUT2D eigenvalue weighted by Crippen LogP contribution is 2.17. The Morgan fingerprint density at radius 3 is 2.38 bits per heavy atom. The molecule has 1 unspecified atom stereocenters. The Kier molecular flexibility index (Phi) is 12.9. The molecule has 2 rings (SSSR count). The molecular weight excluding hydrogens is 464 g/mol. The van der Waals surface area contributed by atoms with Gasteiger partial charge in [0.15, 0.2) is 0 Å². The summed E-state index contributed by atoms with van der Waals surface area (Å²) in [7, 11) is 0. The van der Waals surface area contributed by atoms with Gasteiger partial charge >= 0.3 is 5.97 Å². The Hall–Kier alpha value is -2.73. The summed E-state index contributed by atoms with van der Waals surface area (Å²) in [6.45, 7) is 4.01. The van der Waals surface area contributed by atoms with Crippen molar-refractivity contribution in [2.45, 2.75) is 12.5 Å². The van der Waals surface area contributed by atoms with Gasteiger partial charge in [0.25, 0.3) is 12.9 Å². The minimum atomic E-state index is -0.935. The van der Waals surface area contributed by atoms with Gasteiger partial charge in [-0.2, -0.15) is 4.99 Å². The largest absolute Gasteiger partial charge is 0.480 e. The molecule has 1 heterocycles. The summed E-state index contributed by atoms with van der Waals surface area (Å²) in [5.41, 5.74) is 1.68. The fourth-order valence-electron chi connectivity index (χ4n) is 3.68. The number of isothiocyanates is 1. The third kappa shape index (κ3) is 10.5. The summed E-state index contributed by atoms with van der Waals surface area (Å²) in [6.07, 6.45) is 0.560. The van der Waals surface area contributed by atoms with E-state index in [1.54, 1.807) is 0 Å². The maximum atomic E-state index is 11.6. The fraction of sp³-hybridized carbons (Fsp3) is 0.545. The van der Waals surface area contributed by atoms with E-state index in [9.17, 15) is 19.5 Å². The molecule has 0 bridgehead atoms. The molecule has 1 N–H and O–H groups in total. The molecule has 1 aromatic rings. The zero-order valence-electron chi connectivity index (χ0n) is 18.9. The van der Waals surface area contributed by atoms with Crippen molar-refractivity contribution in [3.05, 3.63) is 29.8 Å². The van der Waals surface area contributed by atoms with Gasteiger partial charge in [0.2, 0.25) is 0 Å². The standard InChI is InChI=1S/C22H30N4O7S/c27-17-32-15-24-5-6-25(16-33-18-28)12-21(11-19-1-3-20(4-2-19)23-14-34)26(13-22(29)30)8-10-31-9-7-24/h1-4,17-18,21H,5-13,15-16H2,(H,29,30). The van der Waals surface area contributed by atoms with Gasteiger partial charge in [0.05, 0.1) is 30.6 Å². The molecule has 12 heteroatoms. The molecule has 1 aliphatic rings. The lowest BCUT2D eigenvalue weighted by atomic mass is 10.0. The number of benzene rings is 1. The minimum absolute atomic E-state index is 0.0576. The van der Waals surface area contributed by atoms with Gasteiger partial charge in [-0.25, -0.2) is 0 Å². The van der Waals surface area contributed by atoms with Crippen molar-refractivity contribution in [3.63, 3.8) is 0 Å². The number of carboxylic acids is 1. The van der Waals surface area contributed by atoms with E-state index in [4.69, 9.17) is 14.2 Å². The first-order valence-corrected chi connectivity index (χ1v) is 11.2. The highest BCUT2D eigenvalue weighted by Gasteiger charge is 2.25. The maximum absolute atomic E-state index is 11.6. The second kappa shape index (κ2) is 16.0. The number of ether oxygens (including phenoxy) is 3. The van der Waals surface area contributed by atoms with Crippen LogP contribution in [0.1, 0.15) is 5.56 Å². The van der Waals surface area contributed by atoms with Gasteiger partial charge in [-0.15, -0.1) is 0 Å². The lowest BCUT2D eigenvalue weighted by Gasteiger charge is -2.36. The average Bonchev–Trinajstić information content (AvgIpc) is 2.82. The molecule has 0 aromatic heterocycles. The minimum Gasteiger partial charge on any atom is -0.480 e. The molecule has 1 aromatic carbocycles. The highest BCUT2D eigenvalue weighted by atomic mass is 32.1. The van der Waals surface area contributed by atoms with Crippen molar-refractivity contribution in [1.29, 1.82) is 0 Å². The SMILES string of the molecule is O=COCN1CCOCCN(CC(=O)O)C(Cc2ccc(N=C=S)cc2)CN(COC=O)CC1. The van der Waals surface area contributed by atoms with E-state index in [1.807, 2.05) is 39.0 Å². The quantitative estimate of drug-likeness (QED) is 0.265. The van der Waals surface area contributed by atoms with E-state index < -0.39 is 5.97 Å². The smallest absolute Gasteiger partial charge is 0.317 e. The Bertz CT molecular complexity index is 820. The first-order valence-electron chi connectivity index (χ1n) is 10.8. The molecule has 11 nitrogen and oxygen atoms in total. The number of hydrogen-bond acceptors (Lipinski definition) is 11. The number of carbonyl (C=O) groups excluding carboxylic acids is 2. The maximum Gasteiger partial charge on any atom is 0.317 e. The average molecular weight is 495 g/mol. The van der Waals surface area contributed by atoms with Crippen LogP contribution in [0, 0.1) is 0 Å². The number of hydrogen-bond donors (Lipinski definition) is 1. The predicted octanol–water partition coefficient (Wildman–Crippen LogP) is 0.614. The molecular formula is C22H30N4O7S. The lowest BCUT2D eigenvalue weighted by molar-refractivity contribution is -0.140. The van der Waals surface area contributed by atoms with Gasteiger partial charge in [-0.1, -0.05) is 12.1 Å². The fourth-order valence-corrected chi connectivity index (χ4v) is 3.79. The molecule has 0 saturated carbocycles. The lowest BCUT2D eigenvalue weighted by Crippen LogP contribution is -2.50. The van der Waals surface area contributed by atoms with Crippen LogP contribution in [0.25, 0.3) is 0 Å². The third-order valence-corrected chi connectivity index (χ3v) is 5.45. The number of aliphatic carboxylic acids is 1. The monoisotopic (exact) mass is 494 g/mol. The molecule has 0 spiro atoms. The summed E-state index contributed by atoms with van der Waals surface area (Å²) in [5.74, 6) is -0.935. The van der Waals surface area contributed by atoms with Crippen LogP contribution in [0.3, 0.4) is 0 Å². The van der Waals surface area contributed by atoms with Crippen LogP contribution in [0.2, 0.25) is 0 Å². The van der Waals surface area contributed by atoms with Crippen LogP contribution in [0.15, 0.2) is 29.3 Å². The first kappa shape index (κ1) is 27.5. The zero-order valence-corrected chi connectivity index (χ0v) is 19.7. The third-order valence-electron chi connectivity index (χ3n) is 5.36. The Morgan fingerprint density at radius 2 is 1.74 bits per heavy atom. The first-order chi connectivity index (χ1) is 16.5. The van der Waals surface area contributed by atoms with E-state index in [0.717, 1.165) is 5.56 Å². The highest BCUT2D eigenvalue weighted by molar-refractivity contribution is 7.78. The van der Waals surface area contributed by atoms with Crippen molar-refractivity contribution in [3.8, 4) is 0 Å². The number of aliphatic imine (C=N–C) groups is 1. The molecule has 0 radical (unpaired) electrons. The summed E-state index contributed by atoms with van der Waals surface area (Å²) in [5, 5.41) is 11.8. The molecule has 1 aliphatic heterocycles. The number of rotatable bonds is 11. The van der Waals surface area contributed by atoms with E-state index in [2.05, 4.69) is 22.4 Å². The van der Waals surface area contributed by atoms with Gasteiger partial charge in [-0.05, 0) is 36.3 Å². The number of thiocarbonyl (C=S) groups is 1. The van der Waals surface area contributed by atoms with Crippen molar-refractivity contribution < 1.29 is 33.7 Å². The van der Waals surface area contributed by atoms with Crippen LogP contribution >= 0.6 is 12.2 Å².